The molecule has 3 heteroatoms. The van der Waals surface area contributed by atoms with Crippen molar-refractivity contribution in [1.29, 1.82) is 0 Å². The van der Waals surface area contributed by atoms with E-state index in [-0.39, 0.29) is 18.4 Å². The molecule has 1 aromatic rings. The van der Waals surface area contributed by atoms with Crippen molar-refractivity contribution in [3.8, 4) is 17.6 Å². The van der Waals surface area contributed by atoms with E-state index in [1.165, 1.54) is 6.07 Å². The maximum atomic E-state index is 13.4. The Kier molecular flexibility index (Phi) is 4.14. The van der Waals surface area contributed by atoms with Crippen LogP contribution in [-0.2, 0) is 0 Å². The molecule has 0 aliphatic carbocycles. The van der Waals surface area contributed by atoms with Crippen LogP contribution in [-0.4, -0.2) is 6.61 Å². The second-order valence-corrected chi connectivity index (χ2v) is 3.19. The molecule has 1 rings (SSSR count). The quantitative estimate of drug-likeness (QED) is 0.771. The number of nitrogens with two attached hydrogens (primary N) is 1. The Morgan fingerprint density at radius 3 is 2.80 bits per heavy atom. The molecular weight excluding hydrogens is 193 g/mol. The molecule has 0 spiro atoms. The van der Waals surface area contributed by atoms with Crippen molar-refractivity contribution in [2.75, 3.05) is 6.61 Å². The number of hydrogen-bond donors (Lipinski definition) is 1. The summed E-state index contributed by atoms with van der Waals surface area (Å²) in [7, 11) is 0. The fraction of sp³-hybridized carbons (Fsp3) is 0.333. The molecule has 0 radical (unpaired) electrons. The first-order valence-corrected chi connectivity index (χ1v) is 4.72. The van der Waals surface area contributed by atoms with Crippen molar-refractivity contribution in [2.24, 2.45) is 5.73 Å². The molecule has 0 aliphatic rings. The van der Waals surface area contributed by atoms with Crippen molar-refractivity contribution in [3.63, 3.8) is 0 Å². The smallest absolute Gasteiger partial charge is 0.165 e. The molecule has 1 unspecified atom stereocenters. The number of ether oxygens (including phenoxy) is 1. The molecular formula is C12H14FNO. The Hall–Kier alpha value is -1.53. The molecule has 1 aromatic carbocycles. The van der Waals surface area contributed by atoms with Gasteiger partial charge in [0.2, 0.25) is 0 Å². The highest BCUT2D eigenvalue weighted by Crippen LogP contribution is 2.20. The summed E-state index contributed by atoms with van der Waals surface area (Å²) in [4.78, 5) is 0. The standard InChI is InChI=1S/C12H14FNO/c1-3-4-7-15-12-6-5-10(9(2)14)8-11(12)13/h5-6,8-9H,7,14H2,1-2H3. The average Bonchev–Trinajstić information content (AvgIpc) is 2.20. The summed E-state index contributed by atoms with van der Waals surface area (Å²) in [6, 6.07) is 4.54. The van der Waals surface area contributed by atoms with Crippen LogP contribution in [0, 0.1) is 17.7 Å². The van der Waals surface area contributed by atoms with Gasteiger partial charge in [0.1, 0.15) is 6.61 Å². The van der Waals surface area contributed by atoms with Crippen LogP contribution in [0.1, 0.15) is 25.5 Å². The van der Waals surface area contributed by atoms with E-state index in [2.05, 4.69) is 11.8 Å². The molecule has 80 valence electrons. The first kappa shape index (κ1) is 11.5. The van der Waals surface area contributed by atoms with Crippen LogP contribution >= 0.6 is 0 Å². The van der Waals surface area contributed by atoms with Gasteiger partial charge in [-0.2, -0.15) is 0 Å². The molecule has 1 atom stereocenters. The summed E-state index contributed by atoms with van der Waals surface area (Å²) >= 11 is 0. The van der Waals surface area contributed by atoms with Crippen molar-refractivity contribution >= 4 is 0 Å². The SMILES string of the molecule is CC#CCOc1ccc(C(C)N)cc1F. The predicted octanol–water partition coefficient (Wildman–Crippen LogP) is 2.25. The Bertz CT molecular complexity index is 390. The fourth-order valence-electron chi connectivity index (χ4n) is 1.10. The third-order valence-electron chi connectivity index (χ3n) is 1.96. The van der Waals surface area contributed by atoms with Crippen LogP contribution in [0.4, 0.5) is 4.39 Å². The van der Waals surface area contributed by atoms with E-state index in [1.54, 1.807) is 26.0 Å². The average molecular weight is 207 g/mol. The second kappa shape index (κ2) is 5.38. The highest BCUT2D eigenvalue weighted by Gasteiger charge is 2.06. The molecule has 0 fully saturated rings. The minimum absolute atomic E-state index is 0.177. The minimum Gasteiger partial charge on any atom is -0.478 e. The van der Waals surface area contributed by atoms with Gasteiger partial charge in [-0.3, -0.25) is 0 Å². The van der Waals surface area contributed by atoms with E-state index in [1.807, 2.05) is 0 Å². The van der Waals surface area contributed by atoms with Crippen LogP contribution < -0.4 is 10.5 Å². The third kappa shape index (κ3) is 3.26. The number of halogens is 1. The highest BCUT2D eigenvalue weighted by atomic mass is 19.1. The molecule has 0 saturated heterocycles. The molecule has 0 amide bonds. The van der Waals surface area contributed by atoms with Crippen LogP contribution in [0.25, 0.3) is 0 Å². The molecule has 0 heterocycles. The van der Waals surface area contributed by atoms with Crippen LogP contribution in [0.3, 0.4) is 0 Å². The number of hydrogen-bond acceptors (Lipinski definition) is 2. The lowest BCUT2D eigenvalue weighted by Crippen LogP contribution is -2.06. The summed E-state index contributed by atoms with van der Waals surface area (Å²) in [6.07, 6.45) is 0. The van der Waals surface area contributed by atoms with E-state index < -0.39 is 5.82 Å². The van der Waals surface area contributed by atoms with E-state index in [9.17, 15) is 4.39 Å². The minimum atomic E-state index is -0.400. The predicted molar refractivity (Wildman–Crippen MR) is 57.9 cm³/mol. The van der Waals surface area contributed by atoms with Gasteiger partial charge in [-0.05, 0) is 31.5 Å². The van der Waals surface area contributed by atoms with Gasteiger partial charge in [-0.15, -0.1) is 5.92 Å². The summed E-state index contributed by atoms with van der Waals surface area (Å²) in [5.41, 5.74) is 6.38. The largest absolute Gasteiger partial charge is 0.478 e. The van der Waals surface area contributed by atoms with Crippen molar-refractivity contribution < 1.29 is 9.13 Å². The molecule has 0 saturated carbocycles. The zero-order valence-corrected chi connectivity index (χ0v) is 8.88. The van der Waals surface area contributed by atoms with Crippen LogP contribution in [0.2, 0.25) is 0 Å². The molecule has 0 aliphatic heterocycles. The Labute approximate surface area is 89.2 Å². The molecule has 2 N–H and O–H groups in total. The summed E-state index contributed by atoms with van der Waals surface area (Å²) in [5, 5.41) is 0. The maximum absolute atomic E-state index is 13.4. The van der Waals surface area contributed by atoms with Gasteiger partial charge in [0.15, 0.2) is 11.6 Å². The van der Waals surface area contributed by atoms with E-state index in [0.717, 1.165) is 5.56 Å². The zero-order valence-electron chi connectivity index (χ0n) is 8.88. The van der Waals surface area contributed by atoms with Gasteiger partial charge >= 0.3 is 0 Å². The van der Waals surface area contributed by atoms with Crippen molar-refractivity contribution in [1.82, 2.24) is 0 Å². The lowest BCUT2D eigenvalue weighted by molar-refractivity contribution is 0.347. The van der Waals surface area contributed by atoms with Gasteiger partial charge in [-0.25, -0.2) is 4.39 Å². The highest BCUT2D eigenvalue weighted by molar-refractivity contribution is 5.31. The zero-order chi connectivity index (χ0) is 11.3. The first-order valence-electron chi connectivity index (χ1n) is 4.72. The first-order chi connectivity index (χ1) is 7.15. The van der Waals surface area contributed by atoms with Gasteiger partial charge < -0.3 is 10.5 Å². The summed E-state index contributed by atoms with van der Waals surface area (Å²) in [5.74, 6) is 5.18. The molecule has 0 aromatic heterocycles. The Morgan fingerprint density at radius 1 is 1.53 bits per heavy atom. The number of benzene rings is 1. The van der Waals surface area contributed by atoms with E-state index >= 15 is 0 Å². The molecule has 2 nitrogen and oxygen atoms in total. The van der Waals surface area contributed by atoms with Gasteiger partial charge in [0, 0.05) is 6.04 Å². The molecule has 15 heavy (non-hydrogen) atoms. The lowest BCUT2D eigenvalue weighted by atomic mass is 10.1. The van der Waals surface area contributed by atoms with Gasteiger partial charge in [-0.1, -0.05) is 12.0 Å². The summed E-state index contributed by atoms with van der Waals surface area (Å²) < 4.78 is 18.5. The fourth-order valence-corrected chi connectivity index (χ4v) is 1.10. The second-order valence-electron chi connectivity index (χ2n) is 3.19. The van der Waals surface area contributed by atoms with Gasteiger partial charge in [0.05, 0.1) is 0 Å². The van der Waals surface area contributed by atoms with E-state index in [4.69, 9.17) is 10.5 Å². The van der Waals surface area contributed by atoms with Crippen molar-refractivity contribution in [2.45, 2.75) is 19.9 Å². The lowest BCUT2D eigenvalue weighted by Gasteiger charge is -2.08. The van der Waals surface area contributed by atoms with Crippen LogP contribution in [0.15, 0.2) is 18.2 Å². The monoisotopic (exact) mass is 207 g/mol. The Balaban J connectivity index is 2.77. The maximum Gasteiger partial charge on any atom is 0.165 e. The van der Waals surface area contributed by atoms with Crippen LogP contribution in [0.5, 0.6) is 5.75 Å². The normalized spacial score (nSPS) is 11.5. The topological polar surface area (TPSA) is 35.2 Å². The number of rotatable bonds is 3. The van der Waals surface area contributed by atoms with Crippen molar-refractivity contribution in [3.05, 3.63) is 29.6 Å². The van der Waals surface area contributed by atoms with Gasteiger partial charge in [0.25, 0.3) is 0 Å². The van der Waals surface area contributed by atoms with E-state index in [0.29, 0.717) is 0 Å². The summed E-state index contributed by atoms with van der Waals surface area (Å²) in [6.45, 7) is 3.71. The Morgan fingerprint density at radius 2 is 2.27 bits per heavy atom. The third-order valence-corrected chi connectivity index (χ3v) is 1.96. The molecule has 0 bridgehead atoms.